The van der Waals surface area contributed by atoms with Gasteiger partial charge in [-0.05, 0) is 126 Å². The lowest BCUT2D eigenvalue weighted by Crippen LogP contribution is -2.50. The van der Waals surface area contributed by atoms with Crippen LogP contribution in [0.3, 0.4) is 0 Å². The minimum Gasteiger partial charge on any atom is -0.444 e. The number of carbonyl (C=O) groups excluding carboxylic acids is 3. The Bertz CT molecular complexity index is 2720. The monoisotopic (exact) mass is 1090 g/mol. The molecule has 2 aliphatic rings. The normalized spacial score (nSPS) is 16.8. The molecule has 18 heteroatoms. The molecule has 0 bridgehead atoms. The fourth-order valence-corrected chi connectivity index (χ4v) is 9.24. The van der Waals surface area contributed by atoms with Crippen LogP contribution in [0.15, 0.2) is 91.5 Å². The van der Waals surface area contributed by atoms with Crippen LogP contribution in [-0.4, -0.2) is 93.9 Å². The van der Waals surface area contributed by atoms with Gasteiger partial charge in [0, 0.05) is 51.5 Å². The Morgan fingerprint density at radius 1 is 0.641 bits per heavy atom. The van der Waals surface area contributed by atoms with Gasteiger partial charge < -0.3 is 45.7 Å². The summed E-state index contributed by atoms with van der Waals surface area (Å²) in [4.78, 5) is 38.3. The Morgan fingerprint density at radius 3 is 1.41 bits per heavy atom. The van der Waals surface area contributed by atoms with Gasteiger partial charge in [-0.1, -0.05) is 77.9 Å². The third kappa shape index (κ3) is 21.7. The maximum atomic E-state index is 13.8. The van der Waals surface area contributed by atoms with Gasteiger partial charge in [0.1, 0.15) is 35.2 Å². The number of halogens is 4. The third-order valence-corrected chi connectivity index (χ3v) is 12.5. The Hall–Kier alpha value is -6.02. The van der Waals surface area contributed by atoms with E-state index in [1.165, 1.54) is 60.1 Å². The largest absolute Gasteiger partial charge is 0.444 e. The molecule has 4 unspecified atom stereocenters. The van der Waals surface area contributed by atoms with Gasteiger partial charge in [0.05, 0.1) is 62.8 Å². The molecule has 5 aromatic rings. The van der Waals surface area contributed by atoms with Crippen LogP contribution in [0.25, 0.3) is 0 Å². The van der Waals surface area contributed by atoms with Gasteiger partial charge in [0.25, 0.3) is 0 Å². The van der Waals surface area contributed by atoms with E-state index in [-0.39, 0.29) is 60.7 Å². The molecule has 2 amide bonds. The van der Waals surface area contributed by atoms with Crippen LogP contribution in [0.4, 0.5) is 22.4 Å². The van der Waals surface area contributed by atoms with Gasteiger partial charge in [0.15, 0.2) is 0 Å². The summed E-state index contributed by atoms with van der Waals surface area (Å²) >= 11 is 0. The summed E-state index contributed by atoms with van der Waals surface area (Å²) in [5, 5.41) is 34.0. The third-order valence-electron chi connectivity index (χ3n) is 12.5. The topological polar surface area (TPSA) is 185 Å². The molecule has 0 fully saturated rings. The number of nitrogens with zero attached hydrogens (tertiary/aromatic N) is 2. The predicted octanol–water partition coefficient (Wildman–Crippen LogP) is 9.58. The average Bonchev–Trinajstić information content (AvgIpc) is 3.92. The second-order valence-corrected chi connectivity index (χ2v) is 23.6. The van der Waals surface area contributed by atoms with Crippen LogP contribution in [-0.2, 0) is 57.9 Å². The van der Waals surface area contributed by atoms with E-state index in [4.69, 9.17) is 14.2 Å². The van der Waals surface area contributed by atoms with Crippen molar-refractivity contribution in [3.63, 3.8) is 0 Å². The van der Waals surface area contributed by atoms with Crippen molar-refractivity contribution in [2.45, 2.75) is 157 Å². The number of nitrogens with one attached hydrogen (secondary N) is 4. The van der Waals surface area contributed by atoms with Crippen LogP contribution >= 0.6 is 0 Å². The highest BCUT2D eigenvalue weighted by atomic mass is 19.1. The zero-order chi connectivity index (χ0) is 57.5. The lowest BCUT2D eigenvalue weighted by molar-refractivity contribution is -0.120. The number of aliphatic hydroxyl groups is 2. The maximum absolute atomic E-state index is 13.8. The molecule has 1 aromatic heterocycles. The molecule has 0 radical (unpaired) electrons. The van der Waals surface area contributed by atoms with Crippen molar-refractivity contribution in [1.29, 1.82) is 0 Å². The van der Waals surface area contributed by atoms with Crippen LogP contribution in [0.5, 0.6) is 0 Å². The quantitative estimate of drug-likeness (QED) is 0.0517. The van der Waals surface area contributed by atoms with Crippen molar-refractivity contribution in [3.8, 4) is 0 Å². The van der Waals surface area contributed by atoms with Crippen molar-refractivity contribution in [2.75, 3.05) is 26.3 Å². The smallest absolute Gasteiger partial charge is 0.407 e. The minimum absolute atomic E-state index is 0.0116. The number of ether oxygens (including phenoxy) is 3. The van der Waals surface area contributed by atoms with Gasteiger partial charge in [-0.2, -0.15) is 0 Å². The molecular formula is C60H80F4N6O8. The SMILES string of the molecule is CC(=O)NC(Cc1cc(F)cc(F)c1)[C@H](O)CNC1COCc2ccc(CC(C)(C)C)cc21.CC(=O)n1ccnc1.CC(C)(C)Cc1ccc2c(c1)C(NC[C@@H](O)C(Cc1cc(F)cc(F)c1)NC(=O)OC(C)(C)C)COC2. The van der Waals surface area contributed by atoms with E-state index in [9.17, 15) is 42.2 Å². The van der Waals surface area contributed by atoms with E-state index < -0.39 is 59.3 Å². The van der Waals surface area contributed by atoms with Gasteiger partial charge in [-0.15, -0.1) is 0 Å². The van der Waals surface area contributed by atoms with Crippen molar-refractivity contribution in [3.05, 3.63) is 159 Å². The molecule has 0 aliphatic carbocycles. The Labute approximate surface area is 457 Å². The number of imidazole rings is 1. The number of hydrogen-bond donors (Lipinski definition) is 6. The highest BCUT2D eigenvalue weighted by molar-refractivity contribution is 5.75. The molecule has 6 N–H and O–H groups in total. The van der Waals surface area contributed by atoms with Gasteiger partial charge in [-0.25, -0.2) is 27.3 Å². The van der Waals surface area contributed by atoms with Crippen molar-refractivity contribution >= 4 is 17.9 Å². The van der Waals surface area contributed by atoms with Gasteiger partial charge in [0.2, 0.25) is 11.8 Å². The maximum Gasteiger partial charge on any atom is 0.407 e. The highest BCUT2D eigenvalue weighted by Crippen LogP contribution is 2.31. The summed E-state index contributed by atoms with van der Waals surface area (Å²) in [6, 6.07) is 17.4. The number of carbonyl (C=O) groups is 3. The number of hydrogen-bond acceptors (Lipinski definition) is 11. The molecule has 4 aromatic carbocycles. The summed E-state index contributed by atoms with van der Waals surface area (Å²) in [5.41, 5.74) is 7.22. The number of aliphatic hydroxyl groups excluding tert-OH is 2. The van der Waals surface area contributed by atoms with Crippen molar-refractivity contribution in [1.82, 2.24) is 30.8 Å². The summed E-state index contributed by atoms with van der Waals surface area (Å²) in [6.45, 7) is 23.5. The molecule has 0 saturated carbocycles. The fourth-order valence-electron chi connectivity index (χ4n) is 9.24. The molecule has 78 heavy (non-hydrogen) atoms. The number of fused-ring (bicyclic) bond motifs is 2. The minimum atomic E-state index is -1.07. The first kappa shape index (κ1) is 62.8. The van der Waals surface area contributed by atoms with E-state index in [0.717, 1.165) is 47.2 Å². The lowest BCUT2D eigenvalue weighted by Gasteiger charge is -2.31. The van der Waals surface area contributed by atoms with E-state index in [1.54, 1.807) is 33.2 Å². The molecule has 14 nitrogen and oxygen atoms in total. The molecule has 2 aliphatic heterocycles. The molecule has 6 atom stereocenters. The molecule has 0 saturated heterocycles. The molecule has 7 rings (SSSR count). The van der Waals surface area contributed by atoms with E-state index in [0.29, 0.717) is 37.6 Å². The van der Waals surface area contributed by atoms with Crippen LogP contribution in [0.2, 0.25) is 0 Å². The van der Waals surface area contributed by atoms with Crippen LogP contribution < -0.4 is 21.3 Å². The number of benzene rings is 4. The first-order valence-corrected chi connectivity index (χ1v) is 26.4. The number of amides is 2. The van der Waals surface area contributed by atoms with E-state index in [2.05, 4.69) is 104 Å². The summed E-state index contributed by atoms with van der Waals surface area (Å²) in [7, 11) is 0. The lowest BCUT2D eigenvalue weighted by atomic mass is 9.86. The second-order valence-electron chi connectivity index (χ2n) is 23.6. The molecule has 0 spiro atoms. The van der Waals surface area contributed by atoms with Crippen molar-refractivity contribution < 1.29 is 56.4 Å². The fraction of sp³-hybridized carbons (Fsp3) is 0.500. The summed E-state index contributed by atoms with van der Waals surface area (Å²) in [6.07, 6.45) is 3.91. The predicted molar refractivity (Wildman–Crippen MR) is 291 cm³/mol. The van der Waals surface area contributed by atoms with E-state index in [1.807, 2.05) is 0 Å². The number of rotatable bonds is 16. The Morgan fingerprint density at radius 2 is 1.06 bits per heavy atom. The first-order valence-electron chi connectivity index (χ1n) is 26.4. The Kier molecular flexibility index (Phi) is 22.7. The first-order chi connectivity index (χ1) is 36.5. The molecular weight excluding hydrogens is 1010 g/mol. The van der Waals surface area contributed by atoms with Crippen LogP contribution in [0, 0.1) is 34.1 Å². The molecule has 426 valence electrons. The van der Waals surface area contributed by atoms with E-state index >= 15 is 0 Å². The highest BCUT2D eigenvalue weighted by Gasteiger charge is 2.30. The summed E-state index contributed by atoms with van der Waals surface area (Å²) in [5.74, 6) is -3.17. The van der Waals surface area contributed by atoms with Crippen molar-refractivity contribution in [2.24, 2.45) is 10.8 Å². The molecule has 3 heterocycles. The summed E-state index contributed by atoms with van der Waals surface area (Å²) < 4.78 is 73.0. The zero-order valence-corrected chi connectivity index (χ0v) is 46.9. The number of aromatic nitrogens is 2. The Balaban J connectivity index is 0.000000252. The van der Waals surface area contributed by atoms with Gasteiger partial charge in [-0.3, -0.25) is 14.2 Å². The standard InChI is InChI=1S/C29H40F2N2O4.C26H34F2N2O3.C5H6N2O/c1-28(2,3)14-18-7-8-20-16-36-17-25(23(20)11-18)32-15-26(34)24(33-27(35)37-29(4,5)6)12-19-9-21(30)13-22(31)10-19;1-16(31)30-23(10-18-7-20(27)11-21(28)8-18)25(32)13-29-24-15-33-14-19-6-5-17(9-22(19)24)12-26(2,3)4;1-5(8)7-3-2-6-4-7/h7-11,13,24-26,32,34H,12,14-17H2,1-6H3,(H,33,35);5-9,11,23-25,29,32H,10,12-15H2,1-4H3,(H,30,31);2-4H,1H3/t24?,25?,26-;23?,24?,25-;/m11./s1. The number of alkyl carbamates (subject to hydrolysis) is 1. The zero-order valence-electron chi connectivity index (χ0n) is 46.9. The van der Waals surface area contributed by atoms with Crippen LogP contribution in [0.1, 0.15) is 138 Å². The average molecular weight is 1090 g/mol. The van der Waals surface area contributed by atoms with Gasteiger partial charge >= 0.3 is 6.09 Å². The second kappa shape index (κ2) is 28.2.